The van der Waals surface area contributed by atoms with Gasteiger partial charge < -0.3 is 5.73 Å². The van der Waals surface area contributed by atoms with Crippen LogP contribution in [0.25, 0.3) is 0 Å². The molecule has 2 aromatic rings. The molecule has 1 atom stereocenters. The molecule has 0 aliphatic heterocycles. The van der Waals surface area contributed by atoms with Gasteiger partial charge >= 0.3 is 0 Å². The molecular formula is C11H12Cl3N3. The van der Waals surface area contributed by atoms with Crippen LogP contribution in [0.15, 0.2) is 30.6 Å². The molecule has 1 aromatic heterocycles. The quantitative estimate of drug-likeness (QED) is 0.915. The third kappa shape index (κ3) is 2.86. The molecule has 0 spiro atoms. The number of benzene rings is 1. The fraction of sp³-hybridized carbons (Fsp3) is 0.182. The number of aromatic nitrogens is 2. The van der Waals surface area contributed by atoms with E-state index in [9.17, 15) is 0 Å². The third-order valence-corrected chi connectivity index (χ3v) is 3.09. The summed E-state index contributed by atoms with van der Waals surface area (Å²) in [6.07, 6.45) is 3.35. The molecule has 1 heterocycles. The summed E-state index contributed by atoms with van der Waals surface area (Å²) in [7, 11) is 0. The van der Waals surface area contributed by atoms with Crippen molar-refractivity contribution in [3.63, 3.8) is 0 Å². The number of halogens is 3. The van der Waals surface area contributed by atoms with Gasteiger partial charge in [-0.3, -0.25) is 4.68 Å². The molecule has 0 aliphatic rings. The average Bonchev–Trinajstić information content (AvgIpc) is 2.64. The fourth-order valence-electron chi connectivity index (χ4n) is 1.61. The molecule has 0 saturated heterocycles. The summed E-state index contributed by atoms with van der Waals surface area (Å²) in [5, 5.41) is 5.42. The number of anilines is 1. The molecular weight excluding hydrogens is 281 g/mol. The van der Waals surface area contributed by atoms with Crippen molar-refractivity contribution in [3.8, 4) is 0 Å². The van der Waals surface area contributed by atoms with E-state index in [1.54, 1.807) is 17.1 Å². The Morgan fingerprint density at radius 2 is 1.88 bits per heavy atom. The highest BCUT2D eigenvalue weighted by Crippen LogP contribution is 2.32. The van der Waals surface area contributed by atoms with Gasteiger partial charge in [0.05, 0.1) is 17.9 Å². The molecule has 3 nitrogen and oxygen atoms in total. The lowest BCUT2D eigenvalue weighted by molar-refractivity contribution is 0.565. The van der Waals surface area contributed by atoms with Gasteiger partial charge in [-0.25, -0.2) is 0 Å². The van der Waals surface area contributed by atoms with Crippen LogP contribution < -0.4 is 5.73 Å². The van der Waals surface area contributed by atoms with E-state index in [1.165, 1.54) is 0 Å². The molecule has 0 amide bonds. The summed E-state index contributed by atoms with van der Waals surface area (Å²) < 4.78 is 1.74. The van der Waals surface area contributed by atoms with Crippen molar-refractivity contribution in [1.82, 2.24) is 9.78 Å². The third-order valence-electron chi connectivity index (χ3n) is 2.44. The van der Waals surface area contributed by atoms with E-state index in [2.05, 4.69) is 5.10 Å². The number of nitrogen functional groups attached to an aromatic ring is 1. The van der Waals surface area contributed by atoms with E-state index in [0.717, 1.165) is 5.56 Å². The number of nitrogens with two attached hydrogens (primary N) is 1. The molecule has 0 saturated carbocycles. The molecule has 1 unspecified atom stereocenters. The second-order valence-electron chi connectivity index (χ2n) is 3.56. The predicted molar refractivity (Wildman–Crippen MR) is 74.2 cm³/mol. The SMILES string of the molecule is CC(c1c(Cl)cccc1Cl)n1cc(N)cn1.Cl. The van der Waals surface area contributed by atoms with Crippen molar-refractivity contribution in [2.45, 2.75) is 13.0 Å². The van der Waals surface area contributed by atoms with E-state index in [-0.39, 0.29) is 18.4 Å². The molecule has 0 aliphatic carbocycles. The standard InChI is InChI=1S/C11H11Cl2N3.ClH/c1-7(16-6-8(14)5-15-16)11-9(12)3-2-4-10(11)13;/h2-7H,14H2,1H3;1H. The monoisotopic (exact) mass is 291 g/mol. The van der Waals surface area contributed by atoms with Crippen LogP contribution in [0.2, 0.25) is 10.0 Å². The van der Waals surface area contributed by atoms with Crippen molar-refractivity contribution < 1.29 is 0 Å². The zero-order valence-electron chi connectivity index (χ0n) is 9.10. The number of nitrogens with zero attached hydrogens (tertiary/aromatic N) is 2. The zero-order valence-corrected chi connectivity index (χ0v) is 11.4. The molecule has 92 valence electrons. The van der Waals surface area contributed by atoms with Gasteiger partial charge in [-0.05, 0) is 19.1 Å². The minimum Gasteiger partial charge on any atom is -0.396 e. The molecule has 0 bridgehead atoms. The van der Waals surface area contributed by atoms with Crippen LogP contribution in [0, 0.1) is 0 Å². The van der Waals surface area contributed by atoms with Crippen LogP contribution in [-0.2, 0) is 0 Å². The molecule has 1 aromatic carbocycles. The van der Waals surface area contributed by atoms with E-state index in [4.69, 9.17) is 28.9 Å². The molecule has 6 heteroatoms. The van der Waals surface area contributed by atoms with Gasteiger partial charge in [0.2, 0.25) is 0 Å². The summed E-state index contributed by atoms with van der Waals surface area (Å²) in [5.74, 6) is 0. The van der Waals surface area contributed by atoms with Crippen molar-refractivity contribution >= 4 is 41.3 Å². The number of rotatable bonds is 2. The Kier molecular flexibility index (Phi) is 4.69. The first-order valence-electron chi connectivity index (χ1n) is 4.83. The van der Waals surface area contributed by atoms with Crippen LogP contribution in [0.1, 0.15) is 18.5 Å². The maximum Gasteiger partial charge on any atom is 0.0770 e. The summed E-state index contributed by atoms with van der Waals surface area (Å²) in [4.78, 5) is 0. The Labute approximate surface area is 116 Å². The maximum atomic E-state index is 6.12. The van der Waals surface area contributed by atoms with Gasteiger partial charge in [0.25, 0.3) is 0 Å². The molecule has 0 fully saturated rings. The Hall–Kier alpha value is -0.900. The average molecular weight is 293 g/mol. The lowest BCUT2D eigenvalue weighted by atomic mass is 10.1. The highest BCUT2D eigenvalue weighted by molar-refractivity contribution is 6.36. The normalized spacial score (nSPS) is 11.9. The minimum atomic E-state index is -0.0431. The van der Waals surface area contributed by atoms with Crippen molar-refractivity contribution in [2.24, 2.45) is 0 Å². The van der Waals surface area contributed by atoms with Crippen LogP contribution in [0.4, 0.5) is 5.69 Å². The highest BCUT2D eigenvalue weighted by atomic mass is 35.5. The van der Waals surface area contributed by atoms with Gasteiger partial charge in [0.1, 0.15) is 0 Å². The van der Waals surface area contributed by atoms with Crippen molar-refractivity contribution in [1.29, 1.82) is 0 Å². The zero-order chi connectivity index (χ0) is 11.7. The number of hydrogen-bond donors (Lipinski definition) is 1. The van der Waals surface area contributed by atoms with Gasteiger partial charge in [-0.1, -0.05) is 29.3 Å². The smallest absolute Gasteiger partial charge is 0.0770 e. The van der Waals surface area contributed by atoms with Gasteiger partial charge in [0, 0.05) is 21.8 Å². The number of hydrogen-bond acceptors (Lipinski definition) is 2. The second kappa shape index (κ2) is 5.63. The summed E-state index contributed by atoms with van der Waals surface area (Å²) >= 11 is 12.2. The van der Waals surface area contributed by atoms with Gasteiger partial charge in [0.15, 0.2) is 0 Å². The molecule has 2 N–H and O–H groups in total. The van der Waals surface area contributed by atoms with E-state index >= 15 is 0 Å². The predicted octanol–water partition coefficient (Wildman–Crippen LogP) is 3.80. The van der Waals surface area contributed by atoms with E-state index in [1.807, 2.05) is 25.1 Å². The molecule has 2 rings (SSSR count). The maximum absolute atomic E-state index is 6.12. The fourth-order valence-corrected chi connectivity index (χ4v) is 2.32. The Morgan fingerprint density at radius 1 is 1.29 bits per heavy atom. The van der Waals surface area contributed by atoms with Gasteiger partial charge in [-0.2, -0.15) is 5.10 Å². The second-order valence-corrected chi connectivity index (χ2v) is 4.38. The minimum absolute atomic E-state index is 0. The lowest BCUT2D eigenvalue weighted by Gasteiger charge is -2.15. The Bertz CT molecular complexity index is 490. The van der Waals surface area contributed by atoms with E-state index in [0.29, 0.717) is 15.7 Å². The Morgan fingerprint density at radius 3 is 2.35 bits per heavy atom. The van der Waals surface area contributed by atoms with Crippen molar-refractivity contribution in [2.75, 3.05) is 5.73 Å². The van der Waals surface area contributed by atoms with Crippen LogP contribution in [0.5, 0.6) is 0 Å². The largest absolute Gasteiger partial charge is 0.396 e. The van der Waals surface area contributed by atoms with Crippen LogP contribution in [-0.4, -0.2) is 9.78 Å². The van der Waals surface area contributed by atoms with Crippen LogP contribution >= 0.6 is 35.6 Å². The van der Waals surface area contributed by atoms with E-state index < -0.39 is 0 Å². The first kappa shape index (κ1) is 14.2. The first-order valence-corrected chi connectivity index (χ1v) is 5.58. The molecule has 17 heavy (non-hydrogen) atoms. The van der Waals surface area contributed by atoms with Gasteiger partial charge in [-0.15, -0.1) is 12.4 Å². The Balaban J connectivity index is 0.00000144. The lowest BCUT2D eigenvalue weighted by Crippen LogP contribution is -2.08. The summed E-state index contributed by atoms with van der Waals surface area (Å²) in [6.45, 7) is 1.97. The highest BCUT2D eigenvalue weighted by Gasteiger charge is 2.15. The molecule has 0 radical (unpaired) electrons. The van der Waals surface area contributed by atoms with Crippen molar-refractivity contribution in [3.05, 3.63) is 46.2 Å². The summed E-state index contributed by atoms with van der Waals surface area (Å²) in [5.41, 5.74) is 7.10. The summed E-state index contributed by atoms with van der Waals surface area (Å²) in [6, 6.07) is 5.40. The first-order chi connectivity index (χ1) is 7.59. The topological polar surface area (TPSA) is 43.8 Å². The van der Waals surface area contributed by atoms with Crippen LogP contribution in [0.3, 0.4) is 0 Å².